The van der Waals surface area contributed by atoms with Crippen LogP contribution in [0.5, 0.6) is 11.5 Å². The molecule has 0 aliphatic rings. The molecule has 3 aromatic carbocycles. The topological polar surface area (TPSA) is 106 Å². The first-order valence-corrected chi connectivity index (χ1v) is 11.8. The van der Waals surface area contributed by atoms with Crippen molar-refractivity contribution in [3.05, 3.63) is 95.6 Å². The van der Waals surface area contributed by atoms with E-state index < -0.39 is 11.9 Å². The van der Waals surface area contributed by atoms with E-state index >= 15 is 0 Å². The van der Waals surface area contributed by atoms with E-state index in [9.17, 15) is 14.4 Å². The molecular weight excluding hydrogens is 470 g/mol. The van der Waals surface area contributed by atoms with Gasteiger partial charge in [-0.3, -0.25) is 9.59 Å². The molecule has 37 heavy (non-hydrogen) atoms. The van der Waals surface area contributed by atoms with Gasteiger partial charge in [0, 0.05) is 23.2 Å². The average Bonchev–Trinajstić information content (AvgIpc) is 2.90. The number of hydrogen-bond acceptors (Lipinski definition) is 6. The van der Waals surface area contributed by atoms with Crippen LogP contribution in [0, 0.1) is 5.92 Å². The summed E-state index contributed by atoms with van der Waals surface area (Å²) < 4.78 is 11.0. The van der Waals surface area contributed by atoms with Crippen molar-refractivity contribution in [3.8, 4) is 11.5 Å². The minimum atomic E-state index is -0.534. The fourth-order valence-electron chi connectivity index (χ4n) is 3.05. The summed E-state index contributed by atoms with van der Waals surface area (Å²) in [5.41, 5.74) is 4.98. The number of hydrogen-bond donors (Lipinski definition) is 2. The second-order valence-electron chi connectivity index (χ2n) is 8.22. The molecule has 0 fully saturated rings. The van der Waals surface area contributed by atoms with Gasteiger partial charge in [0.05, 0.1) is 12.8 Å². The molecule has 8 heteroatoms. The molecule has 0 bridgehead atoms. The Morgan fingerprint density at radius 3 is 2.32 bits per heavy atom. The average molecular weight is 500 g/mol. The van der Waals surface area contributed by atoms with Crippen molar-refractivity contribution in [2.24, 2.45) is 11.0 Å². The third-order valence-corrected chi connectivity index (χ3v) is 5.01. The summed E-state index contributed by atoms with van der Waals surface area (Å²) in [6, 6.07) is 20.9. The minimum Gasteiger partial charge on any atom is -0.490 e. The first-order chi connectivity index (χ1) is 17.9. The Balaban J connectivity index is 1.60. The molecule has 0 atom stereocenters. The van der Waals surface area contributed by atoms with Crippen LogP contribution in [-0.4, -0.2) is 30.6 Å². The van der Waals surface area contributed by atoms with Crippen LogP contribution in [0.25, 0.3) is 6.08 Å². The fourth-order valence-corrected chi connectivity index (χ4v) is 3.05. The maximum atomic E-state index is 12.4. The molecule has 3 aromatic rings. The first kappa shape index (κ1) is 26.9. The molecule has 2 N–H and O–H groups in total. The Bertz CT molecular complexity index is 1280. The predicted molar refractivity (Wildman–Crippen MR) is 144 cm³/mol. The smallest absolute Gasteiger partial charge is 0.336 e. The summed E-state index contributed by atoms with van der Waals surface area (Å²) >= 11 is 0. The van der Waals surface area contributed by atoms with Gasteiger partial charge in [-0.05, 0) is 66.6 Å². The first-order valence-electron chi connectivity index (χ1n) is 11.8. The van der Waals surface area contributed by atoms with E-state index in [1.165, 1.54) is 12.3 Å². The van der Waals surface area contributed by atoms with Gasteiger partial charge in [-0.15, -0.1) is 0 Å². The van der Waals surface area contributed by atoms with E-state index in [0.29, 0.717) is 29.2 Å². The second kappa shape index (κ2) is 13.4. The lowest BCUT2D eigenvalue weighted by Crippen LogP contribution is -2.19. The van der Waals surface area contributed by atoms with E-state index in [2.05, 4.69) is 15.8 Å². The number of esters is 1. The highest BCUT2D eigenvalue weighted by atomic mass is 16.6. The minimum absolute atomic E-state index is 0.0994. The number of anilines is 1. The van der Waals surface area contributed by atoms with Crippen LogP contribution >= 0.6 is 0 Å². The lowest BCUT2D eigenvalue weighted by molar-refractivity contribution is -0.129. The Kier molecular flexibility index (Phi) is 9.73. The molecule has 0 saturated heterocycles. The summed E-state index contributed by atoms with van der Waals surface area (Å²) in [5.74, 6) is -0.531. The number of benzene rings is 3. The zero-order valence-electron chi connectivity index (χ0n) is 20.9. The van der Waals surface area contributed by atoms with Gasteiger partial charge in [0.15, 0.2) is 11.5 Å². The van der Waals surface area contributed by atoms with Gasteiger partial charge in [0.25, 0.3) is 5.91 Å². The van der Waals surface area contributed by atoms with Gasteiger partial charge < -0.3 is 14.8 Å². The quantitative estimate of drug-likeness (QED) is 0.133. The van der Waals surface area contributed by atoms with E-state index in [0.717, 1.165) is 5.56 Å². The Morgan fingerprint density at radius 2 is 1.65 bits per heavy atom. The summed E-state index contributed by atoms with van der Waals surface area (Å²) in [4.78, 5) is 36.4. The number of hydrazone groups is 1. The molecule has 0 radical (unpaired) electrons. The van der Waals surface area contributed by atoms with Gasteiger partial charge in [-0.1, -0.05) is 44.2 Å². The number of ether oxygens (including phenoxy) is 2. The molecule has 0 spiro atoms. The maximum Gasteiger partial charge on any atom is 0.336 e. The third-order valence-electron chi connectivity index (χ3n) is 5.01. The van der Waals surface area contributed by atoms with Crippen molar-refractivity contribution in [2.45, 2.75) is 20.8 Å². The summed E-state index contributed by atoms with van der Waals surface area (Å²) in [6.07, 6.45) is 4.47. The Labute approximate surface area is 216 Å². The molecule has 0 aliphatic heterocycles. The van der Waals surface area contributed by atoms with Crippen LogP contribution in [0.2, 0.25) is 0 Å². The van der Waals surface area contributed by atoms with Crippen molar-refractivity contribution in [1.82, 2.24) is 5.43 Å². The van der Waals surface area contributed by atoms with E-state index in [1.807, 2.05) is 37.3 Å². The largest absolute Gasteiger partial charge is 0.490 e. The van der Waals surface area contributed by atoms with Crippen molar-refractivity contribution in [3.63, 3.8) is 0 Å². The summed E-state index contributed by atoms with van der Waals surface area (Å²) in [7, 11) is 0. The molecule has 190 valence electrons. The fraction of sp³-hybridized carbons (Fsp3) is 0.172. The SMILES string of the molecule is CCOc1cc(C=NNC(=O)c2ccc(NC(=O)C(C)C)cc2)ccc1OC(=O)/C=C/c1ccccc1. The molecule has 3 rings (SSSR count). The van der Waals surface area contributed by atoms with Crippen molar-refractivity contribution in [2.75, 3.05) is 11.9 Å². The zero-order valence-corrected chi connectivity index (χ0v) is 20.9. The number of rotatable bonds is 10. The van der Waals surface area contributed by atoms with Crippen LogP contribution in [-0.2, 0) is 9.59 Å². The van der Waals surface area contributed by atoms with Crippen molar-refractivity contribution < 1.29 is 23.9 Å². The molecule has 8 nitrogen and oxygen atoms in total. The van der Waals surface area contributed by atoms with Gasteiger partial charge in [0.1, 0.15) is 0 Å². The van der Waals surface area contributed by atoms with Crippen molar-refractivity contribution >= 4 is 35.8 Å². The van der Waals surface area contributed by atoms with Crippen LogP contribution in [0.3, 0.4) is 0 Å². The summed E-state index contributed by atoms with van der Waals surface area (Å²) in [5, 5.41) is 6.77. The maximum absolute atomic E-state index is 12.4. The van der Waals surface area contributed by atoms with Gasteiger partial charge in [0.2, 0.25) is 5.91 Å². The molecule has 0 heterocycles. The van der Waals surface area contributed by atoms with Crippen molar-refractivity contribution in [1.29, 1.82) is 0 Å². The third kappa shape index (κ3) is 8.47. The normalized spacial score (nSPS) is 11.0. The lowest BCUT2D eigenvalue weighted by Gasteiger charge is -2.10. The van der Waals surface area contributed by atoms with Gasteiger partial charge in [-0.2, -0.15) is 5.10 Å². The predicted octanol–water partition coefficient (Wildman–Crippen LogP) is 5.06. The molecule has 0 aliphatic carbocycles. The highest BCUT2D eigenvalue weighted by molar-refractivity contribution is 5.96. The lowest BCUT2D eigenvalue weighted by atomic mass is 10.1. The number of carbonyl (C=O) groups excluding carboxylic acids is 3. The molecular formula is C29H29N3O5. The van der Waals surface area contributed by atoms with Gasteiger partial charge in [-0.25, -0.2) is 10.2 Å². The standard InChI is InChI=1S/C29H29N3O5/c1-4-36-26-18-22(10-16-25(26)37-27(33)17-11-21-8-6-5-7-9-21)19-30-32-29(35)23-12-14-24(15-13-23)31-28(34)20(2)3/h5-20H,4H2,1-3H3,(H,31,34)(H,32,35)/b17-11+,30-19?. The number of nitrogens with zero attached hydrogens (tertiary/aromatic N) is 1. The van der Waals surface area contributed by atoms with Crippen LogP contribution < -0.4 is 20.2 Å². The molecule has 0 unspecified atom stereocenters. The second-order valence-corrected chi connectivity index (χ2v) is 8.22. The van der Waals surface area contributed by atoms with E-state index in [-0.39, 0.29) is 17.6 Å². The number of nitrogens with one attached hydrogen (secondary N) is 2. The highest BCUT2D eigenvalue weighted by Crippen LogP contribution is 2.28. The van der Waals surface area contributed by atoms with E-state index in [4.69, 9.17) is 9.47 Å². The van der Waals surface area contributed by atoms with Crippen LogP contribution in [0.4, 0.5) is 5.69 Å². The zero-order chi connectivity index (χ0) is 26.6. The van der Waals surface area contributed by atoms with Crippen LogP contribution in [0.15, 0.2) is 84.0 Å². The number of amides is 2. The Hall–Kier alpha value is -4.72. The molecule has 0 aromatic heterocycles. The van der Waals surface area contributed by atoms with Gasteiger partial charge >= 0.3 is 5.97 Å². The Morgan fingerprint density at radius 1 is 0.919 bits per heavy atom. The monoisotopic (exact) mass is 499 g/mol. The number of carbonyl (C=O) groups is 3. The van der Waals surface area contributed by atoms with Crippen LogP contribution in [0.1, 0.15) is 42.3 Å². The summed E-state index contributed by atoms with van der Waals surface area (Å²) in [6.45, 7) is 5.80. The van der Waals surface area contributed by atoms with E-state index in [1.54, 1.807) is 62.4 Å². The highest BCUT2D eigenvalue weighted by Gasteiger charge is 2.11. The molecule has 0 saturated carbocycles. The molecule has 2 amide bonds.